The van der Waals surface area contributed by atoms with Gasteiger partial charge >= 0.3 is 39.5 Å². The molecule has 0 amide bonds. The molecule has 5 atom stereocenters. The van der Waals surface area contributed by atoms with Gasteiger partial charge in [0.2, 0.25) is 0 Å². The number of allylic oxidation sites excluding steroid dienone is 31. The van der Waals surface area contributed by atoms with Crippen molar-refractivity contribution in [3.63, 3.8) is 0 Å². The van der Waals surface area contributed by atoms with Crippen molar-refractivity contribution in [3.05, 3.63) is 194 Å². The third-order valence-electron chi connectivity index (χ3n) is 16.1. The van der Waals surface area contributed by atoms with Gasteiger partial charge in [-0.25, -0.2) is 9.13 Å². The van der Waals surface area contributed by atoms with Gasteiger partial charge in [0, 0.05) is 19.3 Å². The molecule has 108 heavy (non-hydrogen) atoms. The Morgan fingerprint density at radius 3 is 0.787 bits per heavy atom. The summed E-state index contributed by atoms with van der Waals surface area (Å²) in [6.45, 7) is 4.24. The van der Waals surface area contributed by atoms with Gasteiger partial charge in [-0.2, -0.15) is 0 Å². The van der Waals surface area contributed by atoms with Gasteiger partial charge in [-0.05, 0) is 161 Å². The molecule has 5 unspecified atom stereocenters. The van der Waals surface area contributed by atoms with E-state index in [-0.39, 0.29) is 25.7 Å². The molecule has 0 aromatic rings. The molecular formula is C89H142O17P2. The van der Waals surface area contributed by atoms with Crippen molar-refractivity contribution in [2.45, 2.75) is 303 Å². The van der Waals surface area contributed by atoms with Gasteiger partial charge in [0.05, 0.1) is 32.8 Å². The predicted octanol–water partition coefficient (Wildman–Crippen LogP) is 24.1. The minimum atomic E-state index is -5.02. The lowest BCUT2D eigenvalue weighted by Crippen LogP contribution is -2.30. The van der Waals surface area contributed by atoms with Crippen LogP contribution in [0.1, 0.15) is 285 Å². The van der Waals surface area contributed by atoms with Crippen molar-refractivity contribution >= 4 is 39.5 Å². The molecule has 17 nitrogen and oxygen atoms in total. The maximum atomic E-state index is 13.1. The van der Waals surface area contributed by atoms with Gasteiger partial charge in [-0.1, -0.05) is 293 Å². The summed E-state index contributed by atoms with van der Waals surface area (Å²) in [7, 11) is -10.0. The summed E-state index contributed by atoms with van der Waals surface area (Å²) in [4.78, 5) is 73.1. The van der Waals surface area contributed by atoms with Gasteiger partial charge in [-0.3, -0.25) is 37.3 Å². The number of aliphatic hydroxyl groups is 1. The number of hydrogen-bond donors (Lipinski definition) is 3. The number of ether oxygens (including phenoxy) is 4. The number of aliphatic hydroxyl groups excluding tert-OH is 1. The lowest BCUT2D eigenvalue weighted by molar-refractivity contribution is -0.161. The van der Waals surface area contributed by atoms with Gasteiger partial charge in [-0.15, -0.1) is 0 Å². The van der Waals surface area contributed by atoms with Gasteiger partial charge in [0.25, 0.3) is 0 Å². The highest BCUT2D eigenvalue weighted by atomic mass is 31.2. The van der Waals surface area contributed by atoms with Crippen LogP contribution in [0.15, 0.2) is 194 Å². The van der Waals surface area contributed by atoms with Crippen LogP contribution in [0.25, 0.3) is 0 Å². The molecule has 0 saturated heterocycles. The second-order valence-electron chi connectivity index (χ2n) is 26.2. The second-order valence-corrected chi connectivity index (χ2v) is 29.1. The van der Waals surface area contributed by atoms with E-state index >= 15 is 0 Å². The van der Waals surface area contributed by atoms with Crippen molar-refractivity contribution in [1.29, 1.82) is 0 Å². The number of hydrogen-bond acceptors (Lipinski definition) is 15. The quantitative estimate of drug-likeness (QED) is 0.0169. The Balaban J connectivity index is 5.50. The van der Waals surface area contributed by atoms with Gasteiger partial charge in [0.1, 0.15) is 19.3 Å². The van der Waals surface area contributed by atoms with Gasteiger partial charge in [0.15, 0.2) is 12.2 Å². The first-order valence-electron chi connectivity index (χ1n) is 40.7. The van der Waals surface area contributed by atoms with Crippen LogP contribution >= 0.6 is 15.6 Å². The van der Waals surface area contributed by atoms with Crippen LogP contribution < -0.4 is 0 Å². The predicted molar refractivity (Wildman–Crippen MR) is 445 cm³/mol. The number of carbonyl (C=O) groups excluding carboxylic acids is 4. The van der Waals surface area contributed by atoms with E-state index in [1.165, 1.54) is 0 Å². The van der Waals surface area contributed by atoms with Crippen molar-refractivity contribution in [3.8, 4) is 0 Å². The topological polar surface area (TPSA) is 237 Å². The highest BCUT2D eigenvalue weighted by Crippen LogP contribution is 2.45. The van der Waals surface area contributed by atoms with Crippen LogP contribution in [0.2, 0.25) is 0 Å². The highest BCUT2D eigenvalue weighted by molar-refractivity contribution is 7.47. The normalized spacial score (nSPS) is 14.8. The van der Waals surface area contributed by atoms with Crippen LogP contribution in [0.4, 0.5) is 0 Å². The van der Waals surface area contributed by atoms with Crippen molar-refractivity contribution in [2.75, 3.05) is 39.6 Å². The van der Waals surface area contributed by atoms with E-state index in [0.29, 0.717) is 25.7 Å². The first-order valence-corrected chi connectivity index (χ1v) is 43.7. The fourth-order valence-electron chi connectivity index (χ4n) is 10.1. The molecule has 0 heterocycles. The molecule has 610 valence electrons. The fourth-order valence-corrected chi connectivity index (χ4v) is 11.6. The maximum Gasteiger partial charge on any atom is 0.472 e. The van der Waals surface area contributed by atoms with E-state index in [4.69, 9.17) is 37.0 Å². The van der Waals surface area contributed by atoms with Crippen LogP contribution in [0.5, 0.6) is 0 Å². The first kappa shape index (κ1) is 102. The lowest BCUT2D eigenvalue weighted by atomic mass is 10.1. The molecular weight excluding hydrogens is 1400 g/mol. The highest BCUT2D eigenvalue weighted by Gasteiger charge is 2.30. The maximum absolute atomic E-state index is 13.1. The zero-order chi connectivity index (χ0) is 78.9. The first-order chi connectivity index (χ1) is 52.7. The van der Waals surface area contributed by atoms with Gasteiger partial charge < -0.3 is 33.8 Å². The monoisotopic (exact) mass is 1540 g/mol. The van der Waals surface area contributed by atoms with E-state index in [2.05, 4.69) is 198 Å². The summed E-state index contributed by atoms with van der Waals surface area (Å²) in [5.41, 5.74) is 0. The number of phosphoric ester groups is 2. The largest absolute Gasteiger partial charge is 0.472 e. The molecule has 0 saturated carbocycles. The Kier molecular flexibility index (Phi) is 74.5. The fraction of sp³-hybridized carbons (Fsp3) is 0.596. The Morgan fingerprint density at radius 1 is 0.269 bits per heavy atom. The minimum absolute atomic E-state index is 0.0710. The number of esters is 4. The Hall–Kier alpha value is -6.10. The third kappa shape index (κ3) is 78.0. The molecule has 0 fully saturated rings. The lowest BCUT2D eigenvalue weighted by Gasteiger charge is -2.21. The minimum Gasteiger partial charge on any atom is -0.462 e. The third-order valence-corrected chi connectivity index (χ3v) is 18.0. The Bertz CT molecular complexity index is 2810. The summed E-state index contributed by atoms with van der Waals surface area (Å²) >= 11 is 0. The Labute approximate surface area is 653 Å². The van der Waals surface area contributed by atoms with Crippen molar-refractivity contribution in [2.24, 2.45) is 0 Å². The molecule has 0 aliphatic rings. The summed E-state index contributed by atoms with van der Waals surface area (Å²) in [5.74, 6) is -2.40. The summed E-state index contributed by atoms with van der Waals surface area (Å²) in [5, 5.41) is 10.7. The van der Waals surface area contributed by atoms with E-state index < -0.39 is 97.5 Å². The summed E-state index contributed by atoms with van der Waals surface area (Å²) in [6.07, 6.45) is 97.2. The van der Waals surface area contributed by atoms with E-state index in [1.54, 1.807) is 12.2 Å². The second kappa shape index (κ2) is 79.0. The summed E-state index contributed by atoms with van der Waals surface area (Å²) < 4.78 is 68.5. The molecule has 0 aromatic carbocycles. The van der Waals surface area contributed by atoms with Crippen molar-refractivity contribution < 1.29 is 80.2 Å². The zero-order valence-corrected chi connectivity index (χ0v) is 68.5. The van der Waals surface area contributed by atoms with E-state index in [0.717, 1.165) is 205 Å². The molecule has 0 rings (SSSR count). The van der Waals surface area contributed by atoms with E-state index in [9.17, 15) is 43.2 Å². The van der Waals surface area contributed by atoms with Crippen LogP contribution in [0, 0.1) is 0 Å². The number of rotatable bonds is 74. The smallest absolute Gasteiger partial charge is 0.462 e. The van der Waals surface area contributed by atoms with Crippen LogP contribution in [-0.4, -0.2) is 96.7 Å². The zero-order valence-electron chi connectivity index (χ0n) is 66.7. The molecule has 19 heteroatoms. The molecule has 0 aromatic heterocycles. The van der Waals surface area contributed by atoms with E-state index in [1.807, 2.05) is 12.2 Å². The van der Waals surface area contributed by atoms with Crippen molar-refractivity contribution in [1.82, 2.24) is 0 Å². The molecule has 0 bridgehead atoms. The Morgan fingerprint density at radius 2 is 0.491 bits per heavy atom. The average Bonchev–Trinajstić information content (AvgIpc) is 0.901. The summed E-state index contributed by atoms with van der Waals surface area (Å²) in [6, 6.07) is 0. The number of unbranched alkanes of at least 4 members (excludes halogenated alkanes) is 17. The molecule has 0 aliphatic carbocycles. The van der Waals surface area contributed by atoms with Crippen LogP contribution in [-0.2, 0) is 65.4 Å². The molecule has 0 radical (unpaired) electrons. The molecule has 3 N–H and O–H groups in total. The number of phosphoric acid groups is 2. The molecule has 0 spiro atoms. The molecule has 0 aliphatic heterocycles. The van der Waals surface area contributed by atoms with Crippen LogP contribution in [0.3, 0.4) is 0 Å². The SMILES string of the molecule is CC/C=C\C/C=C\C/C=C\C/C=C\C/C=C\CCCCCC(=O)OCC(COP(=O)(O)OCC(O)COP(=O)(O)OCC(COC(=O)CCCCCCCCC/C=C\C/C=C\C/C=C\CC)OC(=O)CCCCCCCCC/C=C\C/C=C\C/C=C\CC)OC(=O)C/C=C\C/C=C\C/C=C\C/C=C\C/C=C\CC. The average molecular weight is 1550 g/mol. The number of carbonyl (C=O) groups is 4. The standard InChI is InChI=1S/C89H142O17P2/c1-5-9-13-17-21-25-29-33-37-40-41-44-47-50-54-58-62-66-70-74-87(92)100-79-84(105-88(93)75-71-67-63-59-55-51-45-36-32-28-24-20-16-12-8-4)81-103-107(95,96)101-77-83(90)78-102-108(97,98)104-82-85(106-89(94)76-72-68-64-60-56-52-48-43-39-35-31-27-23-19-15-11-7-3)80-99-86(91)73-69-65-61-57-53-49-46-42-38-34-30-26-22-18-14-10-6-2/h9-16,21-28,33-39,41,44-45,50,54-55,59,67,71,83-85,90H,5-8,17-20,29-32,40,42-43,46-49,51-53,56-58,60-66,68-70,72-82H2,1-4H3,(H,95,96)(H,97,98)/b13-9-,14-10-,15-11-,16-12-,25-21-,26-22-,27-23-,28-24-,37-33-,38-34-,39-35-,44-41-,45-36-,54-50-,59-55-,71-67-.